The van der Waals surface area contributed by atoms with E-state index < -0.39 is 0 Å². The maximum absolute atomic E-state index is 3.48. The second kappa shape index (κ2) is 5.31. The molecule has 0 radical (unpaired) electrons. The first-order valence-corrected chi connectivity index (χ1v) is 5.26. The van der Waals surface area contributed by atoms with Crippen LogP contribution in [-0.2, 0) is 0 Å². The molecule has 2 aromatic heterocycles. The average molecular weight is 336 g/mol. The molecule has 0 saturated heterocycles. The third-order valence-corrected chi connectivity index (χ3v) is 4.33. The summed E-state index contributed by atoms with van der Waals surface area (Å²) in [5.41, 5.74) is 0. The molecule has 0 aromatic carbocycles. The van der Waals surface area contributed by atoms with Gasteiger partial charge in [0, 0.05) is 0 Å². The third-order valence-electron chi connectivity index (χ3n) is 1.28. The molecule has 0 aliphatic heterocycles. The largest absolute Gasteiger partial charge is 2.00 e. The smallest absolute Gasteiger partial charge is 1.00 e. The van der Waals surface area contributed by atoms with Gasteiger partial charge in [-0.25, -0.2) is 22.7 Å². The summed E-state index contributed by atoms with van der Waals surface area (Å²) in [6.07, 6.45) is 0. The van der Waals surface area contributed by atoms with Crippen LogP contribution in [0.5, 0.6) is 0 Å². The van der Waals surface area contributed by atoms with Crippen LogP contribution in [-0.4, -0.2) is 23.1 Å². The van der Waals surface area contributed by atoms with Crippen LogP contribution in [0.25, 0.3) is 10.1 Å². The quantitative estimate of drug-likeness (QED) is 0.484. The van der Waals surface area contributed by atoms with E-state index in [2.05, 4.69) is 34.3 Å². The van der Waals surface area contributed by atoms with Crippen LogP contribution >= 0.6 is 38.6 Å². The maximum Gasteiger partial charge on any atom is 2.00 e. The molecule has 0 aliphatic rings. The van der Waals surface area contributed by atoms with Crippen molar-refractivity contribution in [2.45, 2.75) is 6.92 Å². The summed E-state index contributed by atoms with van der Waals surface area (Å²) in [6.45, 7) is 2.12. The molecule has 2 aromatic rings. The van der Waals surface area contributed by atoms with E-state index in [-0.39, 0.29) is 40.0 Å². The average Bonchev–Trinajstić information content (AvgIpc) is 2.35. The Labute approximate surface area is 114 Å². The fourth-order valence-electron chi connectivity index (χ4n) is 0.882. The summed E-state index contributed by atoms with van der Waals surface area (Å²) < 4.78 is 2.54. The number of aryl methyl sites for hydroxylation is 1. The standard InChI is InChI=1S/C7H4BrS2.BrH.Mg/c1-4-2-5-3-9-7(8)6(5)10-4;;/h2H,1H3;1H;/q-1;;+2/p-1. The van der Waals surface area contributed by atoms with Gasteiger partial charge >= 0.3 is 23.1 Å². The molecule has 0 bridgehead atoms. The molecule has 0 amide bonds. The Hall–Kier alpha value is 1.39. The van der Waals surface area contributed by atoms with E-state index in [0.29, 0.717) is 0 Å². The zero-order valence-electron chi connectivity index (χ0n) is 6.36. The zero-order chi connectivity index (χ0) is 7.14. The van der Waals surface area contributed by atoms with Crippen molar-refractivity contribution in [2.75, 3.05) is 0 Å². The Balaban J connectivity index is 0.000000605. The van der Waals surface area contributed by atoms with Gasteiger partial charge in [0.2, 0.25) is 0 Å². The van der Waals surface area contributed by atoms with Gasteiger partial charge in [0.1, 0.15) is 0 Å². The summed E-state index contributed by atoms with van der Waals surface area (Å²) >= 11 is 6.93. The Morgan fingerprint density at radius 1 is 1.50 bits per heavy atom. The van der Waals surface area contributed by atoms with Crippen LogP contribution in [0.3, 0.4) is 0 Å². The number of fused-ring (bicyclic) bond motifs is 1. The van der Waals surface area contributed by atoms with Crippen LogP contribution in [0.2, 0.25) is 0 Å². The van der Waals surface area contributed by atoms with Gasteiger partial charge in [-0.05, 0) is 15.6 Å². The Bertz CT molecular complexity index is 366. The third kappa shape index (κ3) is 2.45. The van der Waals surface area contributed by atoms with Crippen LogP contribution in [0.15, 0.2) is 9.85 Å². The predicted octanol–water partition coefficient (Wildman–Crippen LogP) is 0.457. The summed E-state index contributed by atoms with van der Waals surface area (Å²) in [6, 6.07) is 2.17. The molecule has 0 nitrogen and oxygen atoms in total. The monoisotopic (exact) mass is 334 g/mol. The van der Waals surface area contributed by atoms with Crippen LogP contribution < -0.4 is 17.0 Å². The summed E-state index contributed by atoms with van der Waals surface area (Å²) in [4.78, 5) is 1.36. The van der Waals surface area contributed by atoms with Crippen molar-refractivity contribution < 1.29 is 17.0 Å². The van der Waals surface area contributed by atoms with Crippen molar-refractivity contribution in [1.29, 1.82) is 0 Å². The van der Waals surface area contributed by atoms with Gasteiger partial charge in [0.25, 0.3) is 0 Å². The molecule has 0 N–H and O–H groups in total. The fraction of sp³-hybridized carbons (Fsp3) is 0.143. The van der Waals surface area contributed by atoms with Crippen LogP contribution in [0.4, 0.5) is 0 Å². The van der Waals surface area contributed by atoms with Crippen molar-refractivity contribution >= 4 is 71.7 Å². The van der Waals surface area contributed by atoms with Gasteiger partial charge in [-0.2, -0.15) is 0 Å². The molecule has 2 rings (SSSR count). The van der Waals surface area contributed by atoms with Crippen LogP contribution in [0.1, 0.15) is 4.88 Å². The minimum absolute atomic E-state index is 0. The normalized spacial score (nSPS) is 9.17. The van der Waals surface area contributed by atoms with Crippen molar-refractivity contribution in [3.63, 3.8) is 0 Å². The molecule has 12 heavy (non-hydrogen) atoms. The van der Waals surface area contributed by atoms with E-state index in [1.807, 2.05) is 11.3 Å². The minimum Gasteiger partial charge on any atom is -1.00 e. The summed E-state index contributed by atoms with van der Waals surface area (Å²) in [5.74, 6) is 0. The Kier molecular flexibility index (Phi) is 5.93. The summed E-state index contributed by atoms with van der Waals surface area (Å²) in [7, 11) is 0. The topological polar surface area (TPSA) is 0 Å². The van der Waals surface area contributed by atoms with Gasteiger partial charge in [0.15, 0.2) is 0 Å². The molecule has 0 saturated carbocycles. The summed E-state index contributed by atoms with van der Waals surface area (Å²) in [5, 5.41) is 4.46. The van der Waals surface area contributed by atoms with E-state index in [9.17, 15) is 0 Å². The van der Waals surface area contributed by atoms with Crippen LogP contribution in [0, 0.1) is 12.3 Å². The second-order valence-electron chi connectivity index (χ2n) is 2.08. The number of halogens is 2. The molecule has 0 aliphatic carbocycles. The number of thiophene rings is 2. The molecule has 0 spiro atoms. The number of rotatable bonds is 0. The number of hydrogen-bond acceptors (Lipinski definition) is 2. The first kappa shape index (κ1) is 13.4. The van der Waals surface area contributed by atoms with Crippen molar-refractivity contribution in [2.24, 2.45) is 0 Å². The number of hydrogen-bond donors (Lipinski definition) is 0. The van der Waals surface area contributed by atoms with Crippen molar-refractivity contribution in [3.8, 4) is 0 Å². The first-order valence-electron chi connectivity index (χ1n) is 2.83. The van der Waals surface area contributed by atoms with E-state index in [0.717, 1.165) is 0 Å². The predicted molar refractivity (Wildman–Crippen MR) is 56.7 cm³/mol. The van der Waals surface area contributed by atoms with E-state index in [1.54, 1.807) is 11.3 Å². The van der Waals surface area contributed by atoms with E-state index in [4.69, 9.17) is 0 Å². The molecular formula is C7H4Br2MgS2. The molecular weight excluding hydrogens is 332 g/mol. The molecule has 0 atom stereocenters. The minimum atomic E-state index is 0. The fourth-order valence-corrected chi connectivity index (χ4v) is 3.26. The molecule has 2 heterocycles. The van der Waals surface area contributed by atoms with Crippen molar-refractivity contribution in [1.82, 2.24) is 0 Å². The molecule has 0 fully saturated rings. The molecule has 60 valence electrons. The van der Waals surface area contributed by atoms with E-state index >= 15 is 0 Å². The maximum atomic E-state index is 3.48. The first-order chi connectivity index (χ1) is 4.77. The van der Waals surface area contributed by atoms with Crippen molar-refractivity contribution in [3.05, 3.63) is 20.1 Å². The Morgan fingerprint density at radius 2 is 2.17 bits per heavy atom. The van der Waals surface area contributed by atoms with Gasteiger partial charge in [-0.3, -0.25) is 0 Å². The molecule has 5 heteroatoms. The zero-order valence-corrected chi connectivity index (χ0v) is 12.6. The SMILES string of the molecule is Cc1cc2[c-]sc(Br)c2s1.[Br-].[Mg+2]. The van der Waals surface area contributed by atoms with Gasteiger partial charge in [-0.15, -0.1) is 27.4 Å². The second-order valence-corrected chi connectivity index (χ2v) is 5.47. The Morgan fingerprint density at radius 3 is 2.75 bits per heavy atom. The van der Waals surface area contributed by atoms with E-state index in [1.165, 1.54) is 18.7 Å². The van der Waals surface area contributed by atoms with Gasteiger partial charge in [0.05, 0.1) is 0 Å². The van der Waals surface area contributed by atoms with Gasteiger partial charge < -0.3 is 17.0 Å². The molecule has 0 unspecified atom stereocenters. The van der Waals surface area contributed by atoms with Gasteiger partial charge in [-0.1, -0.05) is 10.1 Å².